The molecule has 0 aliphatic heterocycles. The summed E-state index contributed by atoms with van der Waals surface area (Å²) in [6.07, 6.45) is -5.10. The van der Waals surface area contributed by atoms with Crippen LogP contribution in [0.1, 0.15) is 22.8 Å². The van der Waals surface area contributed by atoms with Gasteiger partial charge in [0.05, 0.1) is 12.2 Å². The zero-order valence-electron chi connectivity index (χ0n) is 9.55. The monoisotopic (exact) mass is 277 g/mol. The Hall–Kier alpha value is -2.30. The van der Waals surface area contributed by atoms with Gasteiger partial charge in [0.25, 0.3) is 0 Å². The van der Waals surface area contributed by atoms with Gasteiger partial charge in [-0.3, -0.25) is 0 Å². The number of hydrogen-bond acceptors (Lipinski definition) is 4. The Bertz CT molecular complexity index is 534. The summed E-state index contributed by atoms with van der Waals surface area (Å²) in [5, 5.41) is 8.57. The Morgan fingerprint density at radius 3 is 2.53 bits per heavy atom. The maximum absolute atomic E-state index is 13.7. The van der Waals surface area contributed by atoms with Gasteiger partial charge >= 0.3 is 12.3 Å². The van der Waals surface area contributed by atoms with Crippen LogP contribution in [0.5, 0.6) is 5.75 Å². The lowest BCUT2D eigenvalue weighted by molar-refractivity contribution is -0.274. The zero-order chi connectivity index (χ0) is 14.6. The number of nitriles is 1. The molecular formula is C11H7F4NO3. The summed E-state index contributed by atoms with van der Waals surface area (Å²) in [5.41, 5.74) is -1.64. The molecule has 0 saturated carbocycles. The first kappa shape index (κ1) is 14.8. The van der Waals surface area contributed by atoms with E-state index in [2.05, 4.69) is 9.47 Å². The average Bonchev–Trinajstić information content (AvgIpc) is 2.27. The molecule has 0 aromatic heterocycles. The number of benzene rings is 1. The zero-order valence-corrected chi connectivity index (χ0v) is 9.55. The third-order valence-electron chi connectivity index (χ3n) is 1.93. The van der Waals surface area contributed by atoms with Gasteiger partial charge in [0.1, 0.15) is 17.4 Å². The molecule has 0 fully saturated rings. The van der Waals surface area contributed by atoms with Crippen LogP contribution in [0, 0.1) is 17.1 Å². The highest BCUT2D eigenvalue weighted by molar-refractivity contribution is 5.93. The molecule has 0 unspecified atom stereocenters. The highest BCUT2D eigenvalue weighted by atomic mass is 19.4. The molecule has 19 heavy (non-hydrogen) atoms. The van der Waals surface area contributed by atoms with Gasteiger partial charge in [-0.25, -0.2) is 9.18 Å². The summed E-state index contributed by atoms with van der Waals surface area (Å²) >= 11 is 0. The highest BCUT2D eigenvalue weighted by Gasteiger charge is 2.34. The van der Waals surface area contributed by atoms with Gasteiger partial charge in [0.2, 0.25) is 0 Å². The fourth-order valence-corrected chi connectivity index (χ4v) is 1.25. The number of rotatable bonds is 3. The minimum atomic E-state index is -5.10. The second kappa shape index (κ2) is 5.56. The molecule has 0 spiro atoms. The van der Waals surface area contributed by atoms with E-state index in [1.807, 2.05) is 0 Å². The van der Waals surface area contributed by atoms with Crippen molar-refractivity contribution < 1.29 is 31.8 Å². The summed E-state index contributed by atoms with van der Waals surface area (Å²) in [5.74, 6) is -3.80. The SMILES string of the molecule is CCOC(=O)c1c(OC(F)(F)F)ccc(C#N)c1F. The fraction of sp³-hybridized carbons (Fsp3) is 0.273. The molecule has 0 N–H and O–H groups in total. The van der Waals surface area contributed by atoms with Crippen molar-refractivity contribution in [3.8, 4) is 11.8 Å². The summed E-state index contributed by atoms with van der Waals surface area (Å²) in [4.78, 5) is 11.4. The Labute approximate surface area is 105 Å². The molecule has 0 saturated heterocycles. The number of nitrogens with zero attached hydrogens (tertiary/aromatic N) is 1. The van der Waals surface area contributed by atoms with E-state index in [1.165, 1.54) is 13.0 Å². The molecule has 4 nitrogen and oxygen atoms in total. The number of carbonyl (C=O) groups excluding carboxylic acids is 1. The minimum Gasteiger partial charge on any atom is -0.462 e. The third kappa shape index (κ3) is 3.58. The van der Waals surface area contributed by atoms with E-state index in [9.17, 15) is 22.4 Å². The van der Waals surface area contributed by atoms with Gasteiger partial charge in [0, 0.05) is 0 Å². The van der Waals surface area contributed by atoms with Gasteiger partial charge in [-0.2, -0.15) is 5.26 Å². The largest absolute Gasteiger partial charge is 0.573 e. The van der Waals surface area contributed by atoms with Crippen LogP contribution in [0.15, 0.2) is 12.1 Å². The summed E-state index contributed by atoms with van der Waals surface area (Å²) in [6, 6.07) is 2.86. The lowest BCUT2D eigenvalue weighted by atomic mass is 10.1. The van der Waals surface area contributed by atoms with Crippen LogP contribution in [0.4, 0.5) is 17.6 Å². The summed E-state index contributed by atoms with van der Waals surface area (Å²) in [7, 11) is 0. The van der Waals surface area contributed by atoms with E-state index in [0.717, 1.165) is 6.07 Å². The third-order valence-corrected chi connectivity index (χ3v) is 1.93. The molecule has 8 heteroatoms. The van der Waals surface area contributed by atoms with Crippen molar-refractivity contribution in [2.24, 2.45) is 0 Å². The van der Waals surface area contributed by atoms with Crippen molar-refractivity contribution in [2.45, 2.75) is 13.3 Å². The number of esters is 1. The van der Waals surface area contributed by atoms with Crippen LogP contribution in [0.3, 0.4) is 0 Å². The first-order chi connectivity index (χ1) is 8.80. The van der Waals surface area contributed by atoms with Crippen molar-refractivity contribution in [1.82, 2.24) is 0 Å². The molecule has 0 amide bonds. The number of ether oxygens (including phenoxy) is 2. The normalized spacial score (nSPS) is 10.7. The van der Waals surface area contributed by atoms with E-state index in [1.54, 1.807) is 0 Å². The van der Waals surface area contributed by atoms with Gasteiger partial charge < -0.3 is 9.47 Å². The molecule has 1 aromatic carbocycles. The molecule has 102 valence electrons. The quantitative estimate of drug-likeness (QED) is 0.629. The minimum absolute atomic E-state index is 0.166. The smallest absolute Gasteiger partial charge is 0.462 e. The molecular weight excluding hydrogens is 270 g/mol. The Kier molecular flexibility index (Phi) is 4.32. The molecule has 1 rings (SSSR count). The first-order valence-corrected chi connectivity index (χ1v) is 4.95. The predicted molar refractivity (Wildman–Crippen MR) is 53.8 cm³/mol. The lowest BCUT2D eigenvalue weighted by Gasteiger charge is -2.13. The lowest BCUT2D eigenvalue weighted by Crippen LogP contribution is -2.20. The molecule has 0 heterocycles. The van der Waals surface area contributed by atoms with Crippen LogP contribution < -0.4 is 4.74 Å². The van der Waals surface area contributed by atoms with Crippen LogP contribution in [0.2, 0.25) is 0 Å². The summed E-state index contributed by atoms with van der Waals surface area (Å²) < 4.78 is 58.0. The Balaban J connectivity index is 3.35. The van der Waals surface area contributed by atoms with E-state index >= 15 is 0 Å². The average molecular weight is 277 g/mol. The van der Waals surface area contributed by atoms with Crippen molar-refractivity contribution in [2.75, 3.05) is 6.61 Å². The van der Waals surface area contributed by atoms with E-state index in [4.69, 9.17) is 5.26 Å². The number of halogens is 4. The Morgan fingerprint density at radius 2 is 2.05 bits per heavy atom. The van der Waals surface area contributed by atoms with Crippen molar-refractivity contribution >= 4 is 5.97 Å². The van der Waals surface area contributed by atoms with Gasteiger partial charge in [0.15, 0.2) is 5.82 Å². The Morgan fingerprint density at radius 1 is 1.42 bits per heavy atom. The fourth-order valence-electron chi connectivity index (χ4n) is 1.25. The molecule has 0 aliphatic carbocycles. The van der Waals surface area contributed by atoms with Crippen LogP contribution >= 0.6 is 0 Å². The van der Waals surface area contributed by atoms with Crippen LogP contribution in [-0.2, 0) is 4.74 Å². The summed E-state index contributed by atoms with van der Waals surface area (Å²) in [6.45, 7) is 1.23. The van der Waals surface area contributed by atoms with Gasteiger partial charge in [-0.05, 0) is 19.1 Å². The molecule has 0 aliphatic rings. The molecule has 0 bridgehead atoms. The second-order valence-corrected chi connectivity index (χ2v) is 3.18. The second-order valence-electron chi connectivity index (χ2n) is 3.18. The molecule has 0 radical (unpaired) electrons. The molecule has 1 aromatic rings. The van der Waals surface area contributed by atoms with E-state index in [-0.39, 0.29) is 6.61 Å². The van der Waals surface area contributed by atoms with E-state index in [0.29, 0.717) is 6.07 Å². The van der Waals surface area contributed by atoms with Crippen molar-refractivity contribution in [3.63, 3.8) is 0 Å². The molecule has 0 atom stereocenters. The topological polar surface area (TPSA) is 59.3 Å². The highest BCUT2D eigenvalue weighted by Crippen LogP contribution is 2.30. The van der Waals surface area contributed by atoms with Crippen LogP contribution in [0.25, 0.3) is 0 Å². The maximum Gasteiger partial charge on any atom is 0.573 e. The van der Waals surface area contributed by atoms with Gasteiger partial charge in [-0.1, -0.05) is 0 Å². The van der Waals surface area contributed by atoms with Crippen molar-refractivity contribution in [1.29, 1.82) is 5.26 Å². The standard InChI is InChI=1S/C11H7F4NO3/c1-2-18-10(17)8-7(19-11(13,14)15)4-3-6(5-16)9(8)12/h3-4H,2H2,1H3. The number of carbonyl (C=O) groups is 1. The van der Waals surface area contributed by atoms with Crippen LogP contribution in [-0.4, -0.2) is 18.9 Å². The first-order valence-electron chi connectivity index (χ1n) is 4.95. The van der Waals surface area contributed by atoms with Gasteiger partial charge in [-0.15, -0.1) is 13.2 Å². The number of alkyl halides is 3. The number of hydrogen-bond donors (Lipinski definition) is 0. The van der Waals surface area contributed by atoms with Crippen molar-refractivity contribution in [3.05, 3.63) is 29.1 Å². The maximum atomic E-state index is 13.7. The predicted octanol–water partition coefficient (Wildman–Crippen LogP) is 2.77. The van der Waals surface area contributed by atoms with E-state index < -0.39 is 35.0 Å².